The maximum absolute atomic E-state index is 8.98. The van der Waals surface area contributed by atoms with Crippen molar-refractivity contribution >= 4 is 17.2 Å². The van der Waals surface area contributed by atoms with Gasteiger partial charge in [0.05, 0.1) is 12.2 Å². The Balaban J connectivity index is 2.31. The molecule has 0 atom stereocenters. The lowest BCUT2D eigenvalue weighted by atomic mass is 10.2. The molecule has 0 spiro atoms. The van der Waals surface area contributed by atoms with E-state index in [0.29, 0.717) is 17.2 Å². The summed E-state index contributed by atoms with van der Waals surface area (Å²) in [5, 5.41) is 8.98. The van der Waals surface area contributed by atoms with Gasteiger partial charge in [-0.15, -0.1) is 0 Å². The molecule has 1 heterocycles. The van der Waals surface area contributed by atoms with Crippen molar-refractivity contribution in [1.82, 2.24) is 4.98 Å². The van der Waals surface area contributed by atoms with E-state index in [1.807, 2.05) is 13.0 Å². The second kappa shape index (κ2) is 5.77. The number of nitrogens with zero attached hydrogens (tertiary/aromatic N) is 1. The van der Waals surface area contributed by atoms with E-state index in [4.69, 9.17) is 27.8 Å². The summed E-state index contributed by atoms with van der Waals surface area (Å²) >= 11 is 4.97. The first-order chi connectivity index (χ1) is 9.10. The SMILES string of the molecule is Cc1ccc(C(N)=S)c(Oc2ccc(CO)cc2)n1. The molecule has 0 aliphatic carbocycles. The molecule has 1 aromatic heterocycles. The van der Waals surface area contributed by atoms with E-state index in [2.05, 4.69) is 4.98 Å². The number of aliphatic hydroxyl groups is 1. The van der Waals surface area contributed by atoms with Crippen molar-refractivity contribution in [2.75, 3.05) is 0 Å². The summed E-state index contributed by atoms with van der Waals surface area (Å²) in [6.07, 6.45) is 0. The van der Waals surface area contributed by atoms with Gasteiger partial charge in [-0.2, -0.15) is 0 Å². The van der Waals surface area contributed by atoms with Gasteiger partial charge in [-0.05, 0) is 36.8 Å². The molecule has 1 aromatic carbocycles. The number of pyridine rings is 1. The second-order valence-corrected chi connectivity index (χ2v) is 4.51. The van der Waals surface area contributed by atoms with Crippen LogP contribution in [0.4, 0.5) is 0 Å². The molecule has 0 fully saturated rings. The Morgan fingerprint density at radius 3 is 2.53 bits per heavy atom. The average molecular weight is 274 g/mol. The zero-order chi connectivity index (χ0) is 13.8. The van der Waals surface area contributed by atoms with E-state index in [1.54, 1.807) is 30.3 Å². The van der Waals surface area contributed by atoms with Crippen LogP contribution < -0.4 is 10.5 Å². The van der Waals surface area contributed by atoms with E-state index in [1.165, 1.54) is 0 Å². The van der Waals surface area contributed by atoms with E-state index >= 15 is 0 Å². The van der Waals surface area contributed by atoms with Crippen LogP contribution in [-0.2, 0) is 6.61 Å². The zero-order valence-corrected chi connectivity index (χ0v) is 11.3. The van der Waals surface area contributed by atoms with Gasteiger partial charge in [0.25, 0.3) is 0 Å². The highest BCUT2D eigenvalue weighted by Gasteiger charge is 2.09. The molecule has 4 nitrogen and oxygen atoms in total. The molecule has 0 unspecified atom stereocenters. The molecule has 0 radical (unpaired) electrons. The smallest absolute Gasteiger partial charge is 0.229 e. The third-order valence-corrected chi connectivity index (χ3v) is 2.81. The summed E-state index contributed by atoms with van der Waals surface area (Å²) in [4.78, 5) is 4.54. The van der Waals surface area contributed by atoms with Crippen molar-refractivity contribution in [3.05, 3.63) is 53.2 Å². The van der Waals surface area contributed by atoms with Gasteiger partial charge in [0.1, 0.15) is 10.7 Å². The number of nitrogens with two attached hydrogens (primary N) is 1. The molecule has 0 saturated heterocycles. The van der Waals surface area contributed by atoms with Crippen LogP contribution >= 0.6 is 12.2 Å². The Bertz CT molecular complexity index is 597. The number of hydrogen-bond donors (Lipinski definition) is 2. The van der Waals surface area contributed by atoms with Crippen LogP contribution in [-0.4, -0.2) is 15.1 Å². The molecule has 0 aliphatic rings. The molecule has 98 valence electrons. The van der Waals surface area contributed by atoms with Gasteiger partial charge < -0.3 is 15.6 Å². The third kappa shape index (κ3) is 3.27. The van der Waals surface area contributed by atoms with Crippen molar-refractivity contribution in [2.45, 2.75) is 13.5 Å². The van der Waals surface area contributed by atoms with Crippen LogP contribution in [0.2, 0.25) is 0 Å². The van der Waals surface area contributed by atoms with Gasteiger partial charge in [-0.3, -0.25) is 0 Å². The van der Waals surface area contributed by atoms with Gasteiger partial charge in [0.15, 0.2) is 0 Å². The maximum atomic E-state index is 8.98. The summed E-state index contributed by atoms with van der Waals surface area (Å²) in [5.74, 6) is 1.01. The molecule has 2 rings (SSSR count). The number of hydrogen-bond acceptors (Lipinski definition) is 4. The number of ether oxygens (including phenoxy) is 1. The van der Waals surface area contributed by atoms with Crippen LogP contribution in [0.1, 0.15) is 16.8 Å². The van der Waals surface area contributed by atoms with Crippen molar-refractivity contribution in [1.29, 1.82) is 0 Å². The number of aryl methyl sites for hydroxylation is 1. The molecular formula is C14H14N2O2S. The molecule has 19 heavy (non-hydrogen) atoms. The Morgan fingerprint density at radius 1 is 1.26 bits per heavy atom. The van der Waals surface area contributed by atoms with Gasteiger partial charge in [0.2, 0.25) is 5.88 Å². The van der Waals surface area contributed by atoms with Crippen molar-refractivity contribution in [3.8, 4) is 11.6 Å². The maximum Gasteiger partial charge on any atom is 0.229 e. The fraction of sp³-hybridized carbons (Fsp3) is 0.143. The lowest BCUT2D eigenvalue weighted by molar-refractivity contribution is 0.281. The molecule has 2 aromatic rings. The van der Waals surface area contributed by atoms with Gasteiger partial charge in [0, 0.05) is 5.69 Å². The standard InChI is InChI=1S/C14H14N2O2S/c1-9-2-7-12(13(15)19)14(16-9)18-11-5-3-10(8-17)4-6-11/h2-7,17H,8H2,1H3,(H2,15,19). The first kappa shape index (κ1) is 13.5. The summed E-state index contributed by atoms with van der Waals surface area (Å²) in [7, 11) is 0. The Kier molecular flexibility index (Phi) is 4.09. The van der Waals surface area contributed by atoms with E-state index in [0.717, 1.165) is 11.3 Å². The van der Waals surface area contributed by atoms with Crippen LogP contribution in [0.25, 0.3) is 0 Å². The van der Waals surface area contributed by atoms with Crippen molar-refractivity contribution in [2.24, 2.45) is 5.73 Å². The lowest BCUT2D eigenvalue weighted by Gasteiger charge is -2.10. The van der Waals surface area contributed by atoms with Crippen LogP contribution in [0.3, 0.4) is 0 Å². The predicted octanol–water partition coefficient (Wildman–Crippen LogP) is 2.31. The van der Waals surface area contributed by atoms with Gasteiger partial charge in [-0.1, -0.05) is 24.4 Å². The van der Waals surface area contributed by atoms with Crippen LogP contribution in [0, 0.1) is 6.92 Å². The van der Waals surface area contributed by atoms with Gasteiger partial charge >= 0.3 is 0 Å². The first-order valence-electron chi connectivity index (χ1n) is 5.75. The fourth-order valence-corrected chi connectivity index (χ4v) is 1.73. The van der Waals surface area contributed by atoms with Crippen LogP contribution in [0.15, 0.2) is 36.4 Å². The normalized spacial score (nSPS) is 10.2. The second-order valence-electron chi connectivity index (χ2n) is 4.07. The minimum Gasteiger partial charge on any atom is -0.438 e. The van der Waals surface area contributed by atoms with Gasteiger partial charge in [-0.25, -0.2) is 4.98 Å². The molecule has 0 amide bonds. The van der Waals surface area contributed by atoms with Crippen molar-refractivity contribution < 1.29 is 9.84 Å². The monoisotopic (exact) mass is 274 g/mol. The molecular weight excluding hydrogens is 260 g/mol. The lowest BCUT2D eigenvalue weighted by Crippen LogP contribution is -2.11. The minimum absolute atomic E-state index is 0.00110. The number of rotatable bonds is 4. The van der Waals surface area contributed by atoms with E-state index in [-0.39, 0.29) is 11.6 Å². The Morgan fingerprint density at radius 2 is 1.95 bits per heavy atom. The molecule has 0 saturated carbocycles. The Hall–Kier alpha value is -1.98. The molecule has 0 aliphatic heterocycles. The zero-order valence-electron chi connectivity index (χ0n) is 10.5. The van der Waals surface area contributed by atoms with Crippen LogP contribution in [0.5, 0.6) is 11.6 Å². The number of aromatic nitrogens is 1. The summed E-state index contributed by atoms with van der Waals surface area (Å²) in [6.45, 7) is 1.87. The average Bonchev–Trinajstić information content (AvgIpc) is 2.39. The minimum atomic E-state index is 0.00110. The highest BCUT2D eigenvalue weighted by molar-refractivity contribution is 7.80. The highest BCUT2D eigenvalue weighted by atomic mass is 32.1. The molecule has 0 bridgehead atoms. The van der Waals surface area contributed by atoms with E-state index < -0.39 is 0 Å². The third-order valence-electron chi connectivity index (χ3n) is 2.59. The quantitative estimate of drug-likeness (QED) is 0.837. The number of aliphatic hydroxyl groups excluding tert-OH is 1. The topological polar surface area (TPSA) is 68.4 Å². The predicted molar refractivity (Wildman–Crippen MR) is 77.3 cm³/mol. The molecule has 5 heteroatoms. The molecule has 3 N–H and O–H groups in total. The summed E-state index contributed by atoms with van der Waals surface area (Å²) in [5.41, 5.74) is 7.89. The van der Waals surface area contributed by atoms with Crippen molar-refractivity contribution in [3.63, 3.8) is 0 Å². The first-order valence-corrected chi connectivity index (χ1v) is 6.16. The summed E-state index contributed by atoms with van der Waals surface area (Å²) in [6, 6.07) is 10.7. The largest absolute Gasteiger partial charge is 0.438 e. The van der Waals surface area contributed by atoms with E-state index in [9.17, 15) is 0 Å². The Labute approximate surface area is 116 Å². The number of thiocarbonyl (C=S) groups is 1. The summed E-state index contributed by atoms with van der Waals surface area (Å²) < 4.78 is 5.69. The number of benzene rings is 1. The fourth-order valence-electron chi connectivity index (χ4n) is 1.57. The highest BCUT2D eigenvalue weighted by Crippen LogP contribution is 2.24.